The topological polar surface area (TPSA) is 77.0 Å². The smallest absolute Gasteiger partial charge is 0.343 e. The Morgan fingerprint density at radius 3 is 2.51 bits per heavy atom. The van der Waals surface area contributed by atoms with Crippen molar-refractivity contribution in [3.05, 3.63) is 107 Å². The molecule has 0 aromatic heterocycles. The van der Waals surface area contributed by atoms with Crippen molar-refractivity contribution in [3.63, 3.8) is 0 Å². The fraction of sp³-hybridized carbons (Fsp3) is 0.107. The van der Waals surface area contributed by atoms with Crippen LogP contribution < -0.4 is 14.9 Å². The number of hydrogen-bond acceptors (Lipinski definition) is 5. The van der Waals surface area contributed by atoms with Gasteiger partial charge in [0.1, 0.15) is 11.5 Å². The van der Waals surface area contributed by atoms with Crippen LogP contribution in [-0.4, -0.2) is 24.2 Å². The quantitative estimate of drug-likeness (QED) is 0.152. The first-order chi connectivity index (χ1) is 16.9. The lowest BCUT2D eigenvalue weighted by Crippen LogP contribution is -2.33. The number of carbonyl (C=O) groups excluding carboxylic acids is 2. The molecule has 35 heavy (non-hydrogen) atoms. The van der Waals surface area contributed by atoms with Crippen molar-refractivity contribution in [3.8, 4) is 11.5 Å². The van der Waals surface area contributed by atoms with Gasteiger partial charge in [0.15, 0.2) is 6.10 Å². The number of esters is 1. The van der Waals surface area contributed by atoms with Gasteiger partial charge in [0.05, 0.1) is 11.8 Å². The van der Waals surface area contributed by atoms with E-state index < -0.39 is 18.0 Å². The first-order valence-electron chi connectivity index (χ1n) is 11.0. The highest BCUT2D eigenvalue weighted by Gasteiger charge is 2.16. The normalized spacial score (nSPS) is 11.9. The first kappa shape index (κ1) is 24.0. The molecule has 0 radical (unpaired) electrons. The molecule has 0 heterocycles. The molecule has 0 bridgehead atoms. The van der Waals surface area contributed by atoms with Gasteiger partial charge in [0, 0.05) is 10.6 Å². The molecule has 0 saturated carbocycles. The number of benzene rings is 4. The van der Waals surface area contributed by atoms with Crippen molar-refractivity contribution in [2.24, 2.45) is 5.10 Å². The van der Waals surface area contributed by atoms with Crippen LogP contribution in [0.2, 0.25) is 5.02 Å². The van der Waals surface area contributed by atoms with E-state index in [4.69, 9.17) is 21.1 Å². The van der Waals surface area contributed by atoms with Crippen LogP contribution in [0.5, 0.6) is 11.5 Å². The minimum absolute atomic E-state index is 0.329. The summed E-state index contributed by atoms with van der Waals surface area (Å²) < 4.78 is 11.3. The molecule has 0 saturated heterocycles. The van der Waals surface area contributed by atoms with Crippen LogP contribution in [0.1, 0.15) is 28.4 Å². The average molecular weight is 487 g/mol. The molecule has 0 aliphatic heterocycles. The van der Waals surface area contributed by atoms with E-state index >= 15 is 0 Å². The largest absolute Gasteiger partial charge is 0.481 e. The molecule has 6 nitrogen and oxygen atoms in total. The number of ether oxygens (including phenoxy) is 2. The summed E-state index contributed by atoms with van der Waals surface area (Å²) in [5.41, 5.74) is 4.53. The monoisotopic (exact) mass is 486 g/mol. The third kappa shape index (κ3) is 6.05. The van der Waals surface area contributed by atoms with Crippen LogP contribution in [0.25, 0.3) is 10.8 Å². The SMILES string of the molecule is Cc1ccc(C(=O)Oc2ccc3ccccc3c2/C=N\NC(=O)[C@@H](C)Oc2cccc(Cl)c2)cc1. The van der Waals surface area contributed by atoms with Gasteiger partial charge in [-0.1, -0.05) is 65.7 Å². The summed E-state index contributed by atoms with van der Waals surface area (Å²) in [5, 5.41) is 6.37. The molecule has 0 unspecified atom stereocenters. The molecule has 176 valence electrons. The summed E-state index contributed by atoms with van der Waals surface area (Å²) >= 11 is 5.96. The molecule has 4 aromatic carbocycles. The number of halogens is 1. The Kier molecular flexibility index (Phi) is 7.43. The Morgan fingerprint density at radius 1 is 0.971 bits per heavy atom. The number of rotatable bonds is 7. The number of carbonyl (C=O) groups is 2. The summed E-state index contributed by atoms with van der Waals surface area (Å²) in [4.78, 5) is 25.2. The Bertz CT molecular complexity index is 1400. The predicted octanol–water partition coefficient (Wildman–Crippen LogP) is 5.94. The molecular weight excluding hydrogens is 464 g/mol. The molecule has 0 aliphatic carbocycles. The molecular formula is C28H23ClN2O4. The third-order valence-corrected chi connectivity index (χ3v) is 5.50. The number of nitrogens with zero attached hydrogens (tertiary/aromatic N) is 1. The maximum absolute atomic E-state index is 12.7. The lowest BCUT2D eigenvalue weighted by molar-refractivity contribution is -0.127. The van der Waals surface area contributed by atoms with Crippen LogP contribution >= 0.6 is 11.6 Å². The van der Waals surface area contributed by atoms with E-state index in [1.807, 2.05) is 49.4 Å². The van der Waals surface area contributed by atoms with E-state index in [0.29, 0.717) is 27.6 Å². The van der Waals surface area contributed by atoms with Gasteiger partial charge in [0.25, 0.3) is 5.91 Å². The average Bonchev–Trinajstić information content (AvgIpc) is 2.85. The van der Waals surface area contributed by atoms with Crippen molar-refractivity contribution in [2.45, 2.75) is 20.0 Å². The summed E-state index contributed by atoms with van der Waals surface area (Å²) in [6.07, 6.45) is 0.654. The maximum Gasteiger partial charge on any atom is 0.343 e. The highest BCUT2D eigenvalue weighted by atomic mass is 35.5. The van der Waals surface area contributed by atoms with Gasteiger partial charge in [-0.15, -0.1) is 0 Å². The van der Waals surface area contributed by atoms with Gasteiger partial charge in [-0.2, -0.15) is 5.10 Å². The summed E-state index contributed by atoms with van der Waals surface area (Å²) in [5.74, 6) is -0.124. The number of aryl methyl sites for hydroxylation is 1. The molecule has 1 amide bonds. The summed E-state index contributed by atoms with van der Waals surface area (Å²) in [6, 6.07) is 25.1. The van der Waals surface area contributed by atoms with Gasteiger partial charge in [-0.05, 0) is 61.0 Å². The van der Waals surface area contributed by atoms with Gasteiger partial charge < -0.3 is 9.47 Å². The van der Waals surface area contributed by atoms with E-state index in [9.17, 15) is 9.59 Å². The van der Waals surface area contributed by atoms with Gasteiger partial charge >= 0.3 is 5.97 Å². The zero-order valence-electron chi connectivity index (χ0n) is 19.2. The predicted molar refractivity (Wildman–Crippen MR) is 137 cm³/mol. The second-order valence-electron chi connectivity index (χ2n) is 7.91. The van der Waals surface area contributed by atoms with E-state index in [2.05, 4.69) is 10.5 Å². The first-order valence-corrected chi connectivity index (χ1v) is 11.3. The van der Waals surface area contributed by atoms with Gasteiger partial charge in [-0.3, -0.25) is 4.79 Å². The minimum atomic E-state index is -0.808. The second kappa shape index (κ2) is 10.8. The molecule has 1 N–H and O–H groups in total. The fourth-order valence-corrected chi connectivity index (χ4v) is 3.58. The third-order valence-electron chi connectivity index (χ3n) is 5.27. The highest BCUT2D eigenvalue weighted by molar-refractivity contribution is 6.30. The highest BCUT2D eigenvalue weighted by Crippen LogP contribution is 2.27. The van der Waals surface area contributed by atoms with E-state index in [-0.39, 0.29) is 0 Å². The molecule has 0 fully saturated rings. The number of amides is 1. The van der Waals surface area contributed by atoms with Crippen LogP contribution in [0.4, 0.5) is 0 Å². The van der Waals surface area contributed by atoms with E-state index in [1.54, 1.807) is 49.4 Å². The molecule has 7 heteroatoms. The molecule has 4 rings (SSSR count). The van der Waals surface area contributed by atoms with Crippen molar-refractivity contribution < 1.29 is 19.1 Å². The fourth-order valence-electron chi connectivity index (χ4n) is 3.40. The van der Waals surface area contributed by atoms with Gasteiger partial charge in [0.2, 0.25) is 0 Å². The van der Waals surface area contributed by atoms with Crippen LogP contribution in [0.15, 0.2) is 90.0 Å². The number of fused-ring (bicyclic) bond motifs is 1. The second-order valence-corrected chi connectivity index (χ2v) is 8.34. The summed E-state index contributed by atoms with van der Waals surface area (Å²) in [7, 11) is 0. The Hall–Kier alpha value is -4.16. The zero-order valence-corrected chi connectivity index (χ0v) is 20.0. The molecule has 0 spiro atoms. The van der Waals surface area contributed by atoms with Crippen molar-refractivity contribution in [2.75, 3.05) is 0 Å². The maximum atomic E-state index is 12.7. The van der Waals surface area contributed by atoms with Crippen LogP contribution in [0, 0.1) is 6.92 Å². The Balaban J connectivity index is 1.53. The zero-order chi connectivity index (χ0) is 24.8. The summed E-state index contributed by atoms with van der Waals surface area (Å²) in [6.45, 7) is 3.56. The number of hydrazone groups is 1. The number of hydrogen-bond donors (Lipinski definition) is 1. The Labute approximate surface area is 208 Å². The van der Waals surface area contributed by atoms with E-state index in [1.165, 1.54) is 6.21 Å². The molecule has 0 aliphatic rings. The van der Waals surface area contributed by atoms with Crippen LogP contribution in [0.3, 0.4) is 0 Å². The lowest BCUT2D eigenvalue weighted by atomic mass is 10.0. The Morgan fingerprint density at radius 2 is 1.74 bits per heavy atom. The standard InChI is InChI=1S/C28H23ClN2O4/c1-18-10-12-21(13-11-18)28(33)35-26-15-14-20-6-3-4-9-24(20)25(26)17-30-31-27(32)19(2)34-23-8-5-7-22(29)16-23/h3-17,19H,1-2H3,(H,31,32)/b30-17-/t19-/m1/s1. The van der Waals surface area contributed by atoms with Crippen molar-refractivity contribution >= 4 is 40.5 Å². The molecule has 1 atom stereocenters. The van der Waals surface area contributed by atoms with E-state index in [0.717, 1.165) is 16.3 Å². The lowest BCUT2D eigenvalue weighted by Gasteiger charge is -2.13. The number of nitrogens with one attached hydrogen (secondary N) is 1. The minimum Gasteiger partial charge on any atom is -0.481 e. The van der Waals surface area contributed by atoms with Gasteiger partial charge in [-0.25, -0.2) is 10.2 Å². The van der Waals surface area contributed by atoms with Crippen molar-refractivity contribution in [1.29, 1.82) is 0 Å². The molecule has 4 aromatic rings. The van der Waals surface area contributed by atoms with Crippen molar-refractivity contribution in [1.82, 2.24) is 5.43 Å². The van der Waals surface area contributed by atoms with Crippen LogP contribution in [-0.2, 0) is 4.79 Å².